The minimum Gasteiger partial charge on any atom is -0.465 e. The Morgan fingerprint density at radius 2 is 2.42 bits per heavy atom. The Morgan fingerprint density at radius 1 is 1.58 bits per heavy atom. The molecule has 0 aliphatic heterocycles. The van der Waals surface area contributed by atoms with E-state index in [0.717, 1.165) is 24.8 Å². The second kappa shape index (κ2) is 4.77. The molecule has 2 aromatic heterocycles. The molecule has 100 valence electrons. The van der Waals surface area contributed by atoms with Crippen molar-refractivity contribution < 1.29 is 14.1 Å². The van der Waals surface area contributed by atoms with Crippen LogP contribution in [-0.2, 0) is 14.9 Å². The highest BCUT2D eigenvalue weighted by molar-refractivity contribution is 7.08. The van der Waals surface area contributed by atoms with Gasteiger partial charge in [-0.15, -0.1) is 0 Å². The van der Waals surface area contributed by atoms with Gasteiger partial charge in [0.15, 0.2) is 0 Å². The normalized spacial score (nSPS) is 16.9. The molecular formula is C13H14N2O3S. The lowest BCUT2D eigenvalue weighted by Crippen LogP contribution is -2.44. The Kier molecular flexibility index (Phi) is 3.10. The maximum absolute atomic E-state index is 12.1. The molecule has 1 aliphatic rings. The van der Waals surface area contributed by atoms with E-state index in [1.807, 2.05) is 16.8 Å². The summed E-state index contributed by atoms with van der Waals surface area (Å²) in [5.41, 5.74) is 0.204. The van der Waals surface area contributed by atoms with E-state index in [1.54, 1.807) is 18.3 Å². The van der Waals surface area contributed by atoms with Crippen molar-refractivity contribution in [2.24, 2.45) is 0 Å². The van der Waals surface area contributed by atoms with Gasteiger partial charge < -0.3 is 9.26 Å². The van der Waals surface area contributed by atoms with Crippen LogP contribution < -0.4 is 0 Å². The molecule has 1 aliphatic carbocycles. The highest BCUT2D eigenvalue weighted by atomic mass is 32.1. The van der Waals surface area contributed by atoms with Crippen molar-refractivity contribution in [3.05, 3.63) is 22.7 Å². The van der Waals surface area contributed by atoms with E-state index in [-0.39, 0.29) is 5.97 Å². The molecule has 0 radical (unpaired) electrons. The zero-order valence-corrected chi connectivity index (χ0v) is 11.4. The molecule has 2 aromatic rings. The van der Waals surface area contributed by atoms with Gasteiger partial charge in [0.05, 0.1) is 6.61 Å². The fourth-order valence-electron chi connectivity index (χ4n) is 2.23. The number of aromatic nitrogens is 2. The molecule has 6 heteroatoms. The molecule has 0 atom stereocenters. The van der Waals surface area contributed by atoms with Gasteiger partial charge in [-0.05, 0) is 31.2 Å². The molecule has 1 saturated carbocycles. The van der Waals surface area contributed by atoms with Crippen molar-refractivity contribution >= 4 is 17.3 Å². The van der Waals surface area contributed by atoms with Crippen molar-refractivity contribution in [2.75, 3.05) is 6.61 Å². The third-order valence-corrected chi connectivity index (χ3v) is 4.17. The molecule has 0 amide bonds. The lowest BCUT2D eigenvalue weighted by Gasteiger charge is -2.35. The zero-order valence-electron chi connectivity index (χ0n) is 10.6. The van der Waals surface area contributed by atoms with Gasteiger partial charge in [-0.25, -0.2) is 0 Å². The first kappa shape index (κ1) is 12.3. The maximum Gasteiger partial charge on any atom is 0.321 e. The van der Waals surface area contributed by atoms with E-state index < -0.39 is 5.41 Å². The van der Waals surface area contributed by atoms with Gasteiger partial charge in [-0.3, -0.25) is 4.79 Å². The van der Waals surface area contributed by atoms with Gasteiger partial charge in [0.2, 0.25) is 11.7 Å². The van der Waals surface area contributed by atoms with E-state index >= 15 is 0 Å². The average Bonchev–Trinajstić information content (AvgIpc) is 2.97. The molecule has 3 rings (SSSR count). The van der Waals surface area contributed by atoms with Gasteiger partial charge in [-0.2, -0.15) is 16.3 Å². The standard InChI is InChI=1S/C13H14N2O3S/c1-2-17-12(16)13(5-3-6-13)11-14-10(15-18-11)9-4-7-19-8-9/h4,7-8H,2-3,5-6H2,1H3. The van der Waals surface area contributed by atoms with Crippen LogP contribution in [0.3, 0.4) is 0 Å². The van der Waals surface area contributed by atoms with E-state index in [2.05, 4.69) is 10.1 Å². The quantitative estimate of drug-likeness (QED) is 0.805. The highest BCUT2D eigenvalue weighted by Crippen LogP contribution is 2.44. The number of rotatable bonds is 4. The molecular weight excluding hydrogens is 264 g/mol. The summed E-state index contributed by atoms with van der Waals surface area (Å²) in [5, 5.41) is 7.87. The van der Waals surface area contributed by atoms with Crippen molar-refractivity contribution in [3.63, 3.8) is 0 Å². The first-order chi connectivity index (χ1) is 9.26. The molecule has 19 heavy (non-hydrogen) atoms. The molecule has 0 N–H and O–H groups in total. The molecule has 0 aromatic carbocycles. The van der Waals surface area contributed by atoms with Crippen molar-refractivity contribution in [1.29, 1.82) is 0 Å². The topological polar surface area (TPSA) is 65.2 Å². The second-order valence-corrected chi connectivity index (χ2v) is 5.37. The lowest BCUT2D eigenvalue weighted by molar-refractivity contribution is -0.155. The summed E-state index contributed by atoms with van der Waals surface area (Å²) in [7, 11) is 0. The molecule has 5 nitrogen and oxygen atoms in total. The van der Waals surface area contributed by atoms with Crippen LogP contribution in [0.2, 0.25) is 0 Å². The number of hydrogen-bond acceptors (Lipinski definition) is 6. The number of esters is 1. The van der Waals surface area contributed by atoms with Crippen molar-refractivity contribution in [2.45, 2.75) is 31.6 Å². The van der Waals surface area contributed by atoms with Gasteiger partial charge in [0, 0.05) is 10.9 Å². The van der Waals surface area contributed by atoms with E-state index in [0.29, 0.717) is 18.3 Å². The Labute approximate surface area is 114 Å². The summed E-state index contributed by atoms with van der Waals surface area (Å²) in [5.74, 6) is 0.673. The van der Waals surface area contributed by atoms with E-state index in [1.165, 1.54) is 0 Å². The lowest BCUT2D eigenvalue weighted by atomic mass is 9.68. The largest absolute Gasteiger partial charge is 0.465 e. The van der Waals surface area contributed by atoms with Crippen LogP contribution in [0.1, 0.15) is 32.1 Å². The fourth-order valence-corrected chi connectivity index (χ4v) is 2.87. The average molecular weight is 278 g/mol. The zero-order chi connectivity index (χ0) is 13.3. The van der Waals surface area contributed by atoms with E-state index in [9.17, 15) is 4.79 Å². The molecule has 0 spiro atoms. The van der Waals surface area contributed by atoms with Crippen LogP contribution in [0.4, 0.5) is 0 Å². The summed E-state index contributed by atoms with van der Waals surface area (Å²) in [6, 6.07) is 1.93. The third-order valence-electron chi connectivity index (χ3n) is 3.49. The summed E-state index contributed by atoms with van der Waals surface area (Å²) in [4.78, 5) is 16.5. The number of nitrogens with zero attached hydrogens (tertiary/aromatic N) is 2. The molecule has 2 heterocycles. The monoisotopic (exact) mass is 278 g/mol. The SMILES string of the molecule is CCOC(=O)C1(c2nc(-c3ccsc3)no2)CCC1. The first-order valence-corrected chi connectivity index (χ1v) is 7.24. The van der Waals surface area contributed by atoms with Crippen molar-refractivity contribution in [3.8, 4) is 11.4 Å². The predicted molar refractivity (Wildman–Crippen MR) is 69.8 cm³/mol. The molecule has 0 saturated heterocycles. The number of hydrogen-bond donors (Lipinski definition) is 0. The van der Waals surface area contributed by atoms with Crippen molar-refractivity contribution in [1.82, 2.24) is 10.1 Å². The second-order valence-electron chi connectivity index (χ2n) is 4.59. The van der Waals surface area contributed by atoms with Crippen LogP contribution in [0.15, 0.2) is 21.3 Å². The number of carbonyl (C=O) groups is 1. The summed E-state index contributed by atoms with van der Waals surface area (Å²) in [6.07, 6.45) is 2.42. The van der Waals surface area contributed by atoms with Crippen LogP contribution in [0.5, 0.6) is 0 Å². The Morgan fingerprint density at radius 3 is 3.00 bits per heavy atom. The number of ether oxygens (including phenoxy) is 1. The summed E-state index contributed by atoms with van der Waals surface area (Å²) >= 11 is 1.57. The van der Waals surface area contributed by atoms with Crippen LogP contribution in [0, 0.1) is 0 Å². The van der Waals surface area contributed by atoms with Crippen LogP contribution >= 0.6 is 11.3 Å². The Hall–Kier alpha value is -1.69. The predicted octanol–water partition coefficient (Wildman–Crippen LogP) is 2.78. The first-order valence-electron chi connectivity index (χ1n) is 6.30. The van der Waals surface area contributed by atoms with Gasteiger partial charge in [0.25, 0.3) is 0 Å². The maximum atomic E-state index is 12.1. The summed E-state index contributed by atoms with van der Waals surface area (Å²) < 4.78 is 10.4. The molecule has 0 unspecified atom stereocenters. The Balaban J connectivity index is 1.91. The highest BCUT2D eigenvalue weighted by Gasteiger charge is 2.51. The fraction of sp³-hybridized carbons (Fsp3) is 0.462. The van der Waals surface area contributed by atoms with Gasteiger partial charge in [-0.1, -0.05) is 11.6 Å². The minimum atomic E-state index is -0.711. The number of thiophene rings is 1. The molecule has 0 bridgehead atoms. The van der Waals surface area contributed by atoms with Gasteiger partial charge in [0.1, 0.15) is 5.41 Å². The van der Waals surface area contributed by atoms with Crippen LogP contribution in [-0.4, -0.2) is 22.7 Å². The van der Waals surface area contributed by atoms with Gasteiger partial charge >= 0.3 is 5.97 Å². The third kappa shape index (κ3) is 1.96. The smallest absolute Gasteiger partial charge is 0.321 e. The molecule has 1 fully saturated rings. The van der Waals surface area contributed by atoms with E-state index in [4.69, 9.17) is 9.26 Å². The summed E-state index contributed by atoms with van der Waals surface area (Å²) in [6.45, 7) is 2.17. The minimum absolute atomic E-state index is 0.248. The Bertz CT molecular complexity index is 572. The number of carbonyl (C=O) groups excluding carboxylic acids is 1. The van der Waals surface area contributed by atoms with Crippen LogP contribution in [0.25, 0.3) is 11.4 Å².